The maximum atomic E-state index is 13.2. The van der Waals surface area contributed by atoms with E-state index in [-0.39, 0.29) is 5.78 Å². The van der Waals surface area contributed by atoms with Crippen LogP contribution in [-0.4, -0.2) is 38.1 Å². The first-order chi connectivity index (χ1) is 15.0. The molecule has 32 heavy (non-hydrogen) atoms. The lowest BCUT2D eigenvalue weighted by Crippen LogP contribution is -2.11. The van der Waals surface area contributed by atoms with E-state index in [1.807, 2.05) is 0 Å². The Balaban J connectivity index is 2.03. The molecular formula is C23H23ClN2O5S. The van der Waals surface area contributed by atoms with Gasteiger partial charge in [-0.3, -0.25) is 9.52 Å². The topological polar surface area (TPSA) is 94.5 Å². The van der Waals surface area contributed by atoms with E-state index in [4.69, 9.17) is 16.3 Å². The second-order valence-corrected chi connectivity index (χ2v) is 9.61. The lowest BCUT2D eigenvalue weighted by atomic mass is 10.0. The van der Waals surface area contributed by atoms with E-state index in [1.54, 1.807) is 67.1 Å². The predicted molar refractivity (Wildman–Crippen MR) is 124 cm³/mol. The third-order valence-electron chi connectivity index (χ3n) is 5.10. The number of ether oxygens (including phenoxy) is 1. The van der Waals surface area contributed by atoms with Crippen LogP contribution in [0.1, 0.15) is 43.2 Å². The molecule has 1 N–H and O–H groups in total. The number of carbonyl (C=O) groups excluding carboxylic acids is 2. The molecule has 0 aliphatic carbocycles. The Morgan fingerprint density at radius 1 is 1.06 bits per heavy atom. The second kappa shape index (κ2) is 9.18. The quantitative estimate of drug-likeness (QED) is 0.413. The Labute approximate surface area is 192 Å². The molecule has 1 heterocycles. The summed E-state index contributed by atoms with van der Waals surface area (Å²) in [4.78, 5) is 25.8. The molecule has 0 amide bonds. The summed E-state index contributed by atoms with van der Waals surface area (Å²) in [6.07, 6.45) is 1.42. The maximum Gasteiger partial charge on any atom is 0.340 e. The summed E-state index contributed by atoms with van der Waals surface area (Å²) in [7, 11) is -0.349. The van der Waals surface area contributed by atoms with Gasteiger partial charge in [0.15, 0.2) is 0 Å². The number of aromatic nitrogens is 1. The number of rotatable bonds is 7. The van der Waals surface area contributed by atoms with Crippen molar-refractivity contribution in [1.82, 2.24) is 4.57 Å². The minimum atomic E-state index is -3.38. The number of esters is 1. The monoisotopic (exact) mass is 474 g/mol. The van der Waals surface area contributed by atoms with Crippen LogP contribution in [-0.2, 0) is 28.2 Å². The highest BCUT2D eigenvalue weighted by atomic mass is 35.5. The SMILES string of the molecule is COC(=O)c1c(C)c(C(=O)c2ccc(Cl)cc2)n(C)c1Cc1ccc(NS(C)(=O)=O)cc1. The lowest BCUT2D eigenvalue weighted by Gasteiger charge is -2.10. The highest BCUT2D eigenvalue weighted by molar-refractivity contribution is 7.92. The van der Waals surface area contributed by atoms with Crippen LogP contribution in [0.5, 0.6) is 0 Å². The van der Waals surface area contributed by atoms with Gasteiger partial charge in [0, 0.05) is 35.4 Å². The van der Waals surface area contributed by atoms with Gasteiger partial charge in [0.25, 0.3) is 0 Å². The predicted octanol–water partition coefficient (Wildman–Crippen LogP) is 3.97. The molecule has 7 nitrogen and oxygen atoms in total. The Morgan fingerprint density at radius 2 is 1.66 bits per heavy atom. The van der Waals surface area contributed by atoms with Crippen molar-refractivity contribution in [3.8, 4) is 0 Å². The first-order valence-corrected chi connectivity index (χ1v) is 11.9. The van der Waals surface area contributed by atoms with Crippen LogP contribution in [0.15, 0.2) is 48.5 Å². The highest BCUT2D eigenvalue weighted by Crippen LogP contribution is 2.28. The van der Waals surface area contributed by atoms with Crippen molar-refractivity contribution in [3.05, 3.63) is 87.2 Å². The molecule has 9 heteroatoms. The minimum absolute atomic E-state index is 0.231. The number of sulfonamides is 1. The number of halogens is 1. The molecule has 3 aromatic rings. The standard InChI is InChI=1S/C23H23ClN2O5S/c1-14-20(23(28)31-3)19(13-15-5-11-18(12-6-15)25-32(4,29)30)26(2)21(14)22(27)16-7-9-17(24)10-8-16/h5-12,25H,13H2,1-4H3. The summed E-state index contributed by atoms with van der Waals surface area (Å²) in [6, 6.07) is 13.4. The van der Waals surface area contributed by atoms with Crippen molar-refractivity contribution >= 4 is 39.1 Å². The molecule has 0 unspecified atom stereocenters. The Bertz CT molecular complexity index is 1280. The van der Waals surface area contributed by atoms with Gasteiger partial charge in [-0.15, -0.1) is 0 Å². The fourth-order valence-electron chi connectivity index (χ4n) is 3.63. The van der Waals surface area contributed by atoms with Crippen molar-refractivity contribution in [2.24, 2.45) is 7.05 Å². The van der Waals surface area contributed by atoms with Gasteiger partial charge in [0.1, 0.15) is 0 Å². The number of hydrogen-bond donors (Lipinski definition) is 1. The maximum absolute atomic E-state index is 13.2. The van der Waals surface area contributed by atoms with Crippen molar-refractivity contribution in [3.63, 3.8) is 0 Å². The van der Waals surface area contributed by atoms with Crippen LogP contribution in [0.2, 0.25) is 5.02 Å². The molecule has 0 fully saturated rings. The van der Waals surface area contributed by atoms with Gasteiger partial charge in [-0.05, 0) is 54.4 Å². The van der Waals surface area contributed by atoms with Gasteiger partial charge in [-0.25, -0.2) is 13.2 Å². The molecular weight excluding hydrogens is 452 g/mol. The first-order valence-electron chi connectivity index (χ1n) is 9.65. The average Bonchev–Trinajstić information content (AvgIpc) is 2.97. The van der Waals surface area contributed by atoms with Crippen molar-refractivity contribution in [2.75, 3.05) is 18.1 Å². The van der Waals surface area contributed by atoms with Crippen molar-refractivity contribution in [1.29, 1.82) is 0 Å². The summed E-state index contributed by atoms with van der Waals surface area (Å²) in [5.41, 5.74) is 3.60. The number of nitrogens with one attached hydrogen (secondary N) is 1. The summed E-state index contributed by atoms with van der Waals surface area (Å²) in [5.74, 6) is -0.760. The first kappa shape index (κ1) is 23.6. The molecule has 0 spiro atoms. The van der Waals surface area contributed by atoms with Crippen LogP contribution in [0.4, 0.5) is 5.69 Å². The number of methoxy groups -OCH3 is 1. The Hall–Kier alpha value is -3.10. The molecule has 0 aliphatic rings. The van der Waals surface area contributed by atoms with Gasteiger partial charge in [-0.1, -0.05) is 23.7 Å². The normalized spacial score (nSPS) is 11.3. The van der Waals surface area contributed by atoms with Crippen LogP contribution in [0.25, 0.3) is 0 Å². The molecule has 0 saturated heterocycles. The molecule has 3 rings (SSSR count). The van der Waals surface area contributed by atoms with Gasteiger partial charge in [0.05, 0.1) is 24.6 Å². The van der Waals surface area contributed by atoms with Crippen LogP contribution in [0, 0.1) is 6.92 Å². The Kier molecular flexibility index (Phi) is 6.76. The highest BCUT2D eigenvalue weighted by Gasteiger charge is 2.28. The summed E-state index contributed by atoms with van der Waals surface area (Å²) in [5, 5.41) is 0.523. The summed E-state index contributed by atoms with van der Waals surface area (Å²) >= 11 is 5.94. The zero-order valence-electron chi connectivity index (χ0n) is 18.1. The zero-order chi connectivity index (χ0) is 23.6. The lowest BCUT2D eigenvalue weighted by molar-refractivity contribution is 0.0598. The number of nitrogens with zero attached hydrogens (tertiary/aromatic N) is 1. The summed E-state index contributed by atoms with van der Waals surface area (Å²) in [6.45, 7) is 1.72. The second-order valence-electron chi connectivity index (χ2n) is 7.43. The molecule has 0 atom stereocenters. The van der Waals surface area contributed by atoms with E-state index < -0.39 is 16.0 Å². The van der Waals surface area contributed by atoms with Gasteiger partial charge in [-0.2, -0.15) is 0 Å². The molecule has 2 aromatic carbocycles. The van der Waals surface area contributed by atoms with E-state index in [1.165, 1.54) is 7.11 Å². The molecule has 168 valence electrons. The molecule has 0 bridgehead atoms. The van der Waals surface area contributed by atoms with Gasteiger partial charge >= 0.3 is 5.97 Å². The van der Waals surface area contributed by atoms with E-state index >= 15 is 0 Å². The van der Waals surface area contributed by atoms with Crippen molar-refractivity contribution in [2.45, 2.75) is 13.3 Å². The molecule has 0 aliphatic heterocycles. The fraction of sp³-hybridized carbons (Fsp3) is 0.217. The largest absolute Gasteiger partial charge is 0.465 e. The number of benzene rings is 2. The van der Waals surface area contributed by atoms with E-state index in [2.05, 4.69) is 4.72 Å². The van der Waals surface area contributed by atoms with Crippen LogP contribution < -0.4 is 4.72 Å². The molecule has 0 radical (unpaired) electrons. The third kappa shape index (κ3) is 5.03. The number of carbonyl (C=O) groups is 2. The average molecular weight is 475 g/mol. The van der Waals surface area contributed by atoms with Crippen LogP contribution in [0.3, 0.4) is 0 Å². The van der Waals surface area contributed by atoms with Gasteiger partial charge in [0.2, 0.25) is 15.8 Å². The number of ketones is 1. The number of anilines is 1. The third-order valence-corrected chi connectivity index (χ3v) is 5.96. The fourth-order valence-corrected chi connectivity index (χ4v) is 4.32. The zero-order valence-corrected chi connectivity index (χ0v) is 19.7. The van der Waals surface area contributed by atoms with E-state index in [0.717, 1.165) is 11.8 Å². The summed E-state index contributed by atoms with van der Waals surface area (Å²) < 4.78 is 31.9. The molecule has 1 aromatic heterocycles. The van der Waals surface area contributed by atoms with Gasteiger partial charge < -0.3 is 9.30 Å². The smallest absolute Gasteiger partial charge is 0.340 e. The van der Waals surface area contributed by atoms with E-state index in [9.17, 15) is 18.0 Å². The van der Waals surface area contributed by atoms with Crippen molar-refractivity contribution < 1.29 is 22.7 Å². The number of hydrogen-bond acceptors (Lipinski definition) is 5. The molecule has 0 saturated carbocycles. The van der Waals surface area contributed by atoms with E-state index in [0.29, 0.717) is 45.2 Å². The Morgan fingerprint density at radius 3 is 2.19 bits per heavy atom. The van der Waals surface area contributed by atoms with Crippen LogP contribution >= 0.6 is 11.6 Å². The minimum Gasteiger partial charge on any atom is -0.465 e.